The minimum atomic E-state index is 0.630. The molecule has 1 saturated carbocycles. The summed E-state index contributed by atoms with van der Waals surface area (Å²) in [5.41, 5.74) is 1.31. The predicted octanol–water partition coefficient (Wildman–Crippen LogP) is 2.83. The number of benzene rings is 1. The molecule has 1 aliphatic carbocycles. The topological polar surface area (TPSA) is 35.4 Å². The van der Waals surface area contributed by atoms with Crippen molar-refractivity contribution < 1.29 is 9.47 Å². The van der Waals surface area contributed by atoms with E-state index in [0.29, 0.717) is 6.61 Å². The first-order valence-corrected chi connectivity index (χ1v) is 7.50. The Morgan fingerprint density at radius 3 is 2.71 bits per heavy atom. The molecule has 112 valence electrons. The van der Waals surface area contributed by atoms with Crippen molar-refractivity contribution in [3.63, 3.8) is 0 Å². The first kappa shape index (κ1) is 14.0. The first-order chi connectivity index (χ1) is 10.4. The van der Waals surface area contributed by atoms with Crippen molar-refractivity contribution in [1.29, 1.82) is 0 Å². The van der Waals surface area contributed by atoms with Gasteiger partial charge in [0.25, 0.3) is 0 Å². The van der Waals surface area contributed by atoms with E-state index in [1.54, 1.807) is 7.11 Å². The van der Waals surface area contributed by atoms with E-state index in [4.69, 9.17) is 9.47 Å². The number of aromatic nitrogens is 1. The van der Waals surface area contributed by atoms with Crippen LogP contribution in [0.1, 0.15) is 18.5 Å². The summed E-state index contributed by atoms with van der Waals surface area (Å²) in [6.07, 6.45) is 4.74. The van der Waals surface area contributed by atoms with E-state index in [2.05, 4.69) is 28.2 Å². The van der Waals surface area contributed by atoms with Gasteiger partial charge >= 0.3 is 0 Å². The Kier molecular flexibility index (Phi) is 4.46. The second-order valence-electron chi connectivity index (χ2n) is 5.35. The van der Waals surface area contributed by atoms with E-state index < -0.39 is 0 Å². The summed E-state index contributed by atoms with van der Waals surface area (Å²) in [7, 11) is 1.66. The van der Waals surface area contributed by atoms with Crippen molar-refractivity contribution in [1.82, 2.24) is 9.88 Å². The zero-order valence-corrected chi connectivity index (χ0v) is 12.4. The van der Waals surface area contributed by atoms with Crippen molar-refractivity contribution >= 4 is 0 Å². The highest BCUT2D eigenvalue weighted by Gasteiger charge is 2.20. The fourth-order valence-electron chi connectivity index (χ4n) is 2.36. The maximum atomic E-state index is 5.83. The van der Waals surface area contributed by atoms with Gasteiger partial charge in [-0.3, -0.25) is 0 Å². The van der Waals surface area contributed by atoms with Crippen molar-refractivity contribution in [3.05, 3.63) is 48.3 Å². The van der Waals surface area contributed by atoms with Gasteiger partial charge in [0.05, 0.1) is 13.7 Å². The van der Waals surface area contributed by atoms with Crippen LogP contribution in [0.5, 0.6) is 11.5 Å². The molecule has 1 aromatic heterocycles. The third kappa shape index (κ3) is 3.79. The molecule has 0 radical (unpaired) electrons. The number of methoxy groups -OCH3 is 1. The van der Waals surface area contributed by atoms with Crippen LogP contribution in [0.15, 0.2) is 42.6 Å². The number of hydrogen-bond acceptors (Lipinski definition) is 3. The fourth-order valence-corrected chi connectivity index (χ4v) is 2.36. The Morgan fingerprint density at radius 2 is 1.95 bits per heavy atom. The molecule has 0 atom stereocenters. The molecule has 0 spiro atoms. The van der Waals surface area contributed by atoms with Crippen LogP contribution in [0, 0.1) is 0 Å². The second-order valence-corrected chi connectivity index (χ2v) is 5.35. The molecule has 21 heavy (non-hydrogen) atoms. The summed E-state index contributed by atoms with van der Waals surface area (Å²) < 4.78 is 13.4. The van der Waals surface area contributed by atoms with Crippen LogP contribution in [0.4, 0.5) is 0 Å². The van der Waals surface area contributed by atoms with E-state index in [9.17, 15) is 0 Å². The summed E-state index contributed by atoms with van der Waals surface area (Å²) >= 11 is 0. The van der Waals surface area contributed by atoms with Crippen LogP contribution in [-0.4, -0.2) is 24.3 Å². The Morgan fingerprint density at radius 1 is 1.14 bits per heavy atom. The minimum absolute atomic E-state index is 0.630. The van der Waals surface area contributed by atoms with Crippen LogP contribution >= 0.6 is 0 Å². The van der Waals surface area contributed by atoms with E-state index in [1.165, 1.54) is 18.5 Å². The standard InChI is InChI=1S/C17H22N2O2/c1-20-16-6-2-3-7-17(16)21-12-11-19-10-4-5-15(19)13-18-14-8-9-14/h2-7,10,14,18H,8-9,11-13H2,1H3. The lowest BCUT2D eigenvalue weighted by Gasteiger charge is -2.13. The van der Waals surface area contributed by atoms with Gasteiger partial charge in [0, 0.05) is 24.5 Å². The molecule has 4 nitrogen and oxygen atoms in total. The third-order valence-electron chi connectivity index (χ3n) is 3.73. The zero-order valence-electron chi connectivity index (χ0n) is 12.4. The molecule has 1 aliphatic rings. The number of nitrogens with one attached hydrogen (secondary N) is 1. The Bertz CT molecular complexity index is 576. The van der Waals surface area contributed by atoms with E-state index in [-0.39, 0.29) is 0 Å². The maximum absolute atomic E-state index is 5.83. The zero-order chi connectivity index (χ0) is 14.5. The number of para-hydroxylation sites is 2. The summed E-state index contributed by atoms with van der Waals surface area (Å²) in [5, 5.41) is 3.54. The van der Waals surface area contributed by atoms with Crippen LogP contribution in [0.3, 0.4) is 0 Å². The molecule has 1 heterocycles. The molecule has 1 aromatic carbocycles. The monoisotopic (exact) mass is 286 g/mol. The molecule has 0 unspecified atom stereocenters. The SMILES string of the molecule is COc1ccccc1OCCn1cccc1CNC1CC1. The van der Waals surface area contributed by atoms with Crippen molar-refractivity contribution in [2.24, 2.45) is 0 Å². The van der Waals surface area contributed by atoms with Crippen LogP contribution in [0.25, 0.3) is 0 Å². The fraction of sp³-hybridized carbons (Fsp3) is 0.412. The first-order valence-electron chi connectivity index (χ1n) is 7.50. The van der Waals surface area contributed by atoms with E-state index in [0.717, 1.165) is 30.6 Å². The van der Waals surface area contributed by atoms with Gasteiger partial charge in [0.2, 0.25) is 0 Å². The number of ether oxygens (including phenoxy) is 2. The quantitative estimate of drug-likeness (QED) is 0.810. The molecule has 1 N–H and O–H groups in total. The van der Waals surface area contributed by atoms with E-state index in [1.807, 2.05) is 24.3 Å². The van der Waals surface area contributed by atoms with Gasteiger partial charge in [-0.2, -0.15) is 0 Å². The third-order valence-corrected chi connectivity index (χ3v) is 3.73. The number of nitrogens with zero attached hydrogens (tertiary/aromatic N) is 1. The number of rotatable bonds is 8. The van der Waals surface area contributed by atoms with Crippen LogP contribution in [0.2, 0.25) is 0 Å². The lowest BCUT2D eigenvalue weighted by atomic mass is 10.3. The summed E-state index contributed by atoms with van der Waals surface area (Å²) in [6, 6.07) is 12.7. The molecule has 0 amide bonds. The Balaban J connectivity index is 1.51. The average Bonchev–Trinajstić information content (AvgIpc) is 3.25. The molecular weight excluding hydrogens is 264 g/mol. The highest BCUT2D eigenvalue weighted by Crippen LogP contribution is 2.25. The lowest BCUT2D eigenvalue weighted by molar-refractivity contribution is 0.278. The van der Waals surface area contributed by atoms with E-state index >= 15 is 0 Å². The van der Waals surface area contributed by atoms with Crippen LogP contribution < -0.4 is 14.8 Å². The van der Waals surface area contributed by atoms with Gasteiger partial charge < -0.3 is 19.4 Å². The molecule has 2 aromatic rings. The normalized spacial score (nSPS) is 14.1. The van der Waals surface area contributed by atoms with Crippen LogP contribution in [-0.2, 0) is 13.1 Å². The van der Waals surface area contributed by atoms with Gasteiger partial charge in [-0.05, 0) is 37.1 Å². The van der Waals surface area contributed by atoms with Crippen molar-refractivity contribution in [2.75, 3.05) is 13.7 Å². The molecule has 0 aliphatic heterocycles. The predicted molar refractivity (Wildman–Crippen MR) is 82.8 cm³/mol. The molecule has 3 rings (SSSR count). The highest BCUT2D eigenvalue weighted by molar-refractivity contribution is 5.39. The second kappa shape index (κ2) is 6.68. The molecular formula is C17H22N2O2. The molecule has 0 bridgehead atoms. The lowest BCUT2D eigenvalue weighted by Crippen LogP contribution is -2.19. The molecule has 1 fully saturated rings. The smallest absolute Gasteiger partial charge is 0.161 e. The van der Waals surface area contributed by atoms with Gasteiger partial charge in [0.15, 0.2) is 11.5 Å². The summed E-state index contributed by atoms with van der Waals surface area (Å²) in [4.78, 5) is 0. The minimum Gasteiger partial charge on any atom is -0.493 e. The highest BCUT2D eigenvalue weighted by atomic mass is 16.5. The average molecular weight is 286 g/mol. The number of hydrogen-bond donors (Lipinski definition) is 1. The summed E-state index contributed by atoms with van der Waals surface area (Å²) in [6.45, 7) is 2.41. The Hall–Kier alpha value is -1.94. The molecule has 0 saturated heterocycles. The van der Waals surface area contributed by atoms with Gasteiger partial charge in [-0.15, -0.1) is 0 Å². The molecule has 4 heteroatoms. The van der Waals surface area contributed by atoms with Gasteiger partial charge in [0.1, 0.15) is 6.61 Å². The Labute approximate surface area is 125 Å². The summed E-state index contributed by atoms with van der Waals surface area (Å²) in [5.74, 6) is 1.57. The van der Waals surface area contributed by atoms with Gasteiger partial charge in [-0.1, -0.05) is 12.1 Å². The van der Waals surface area contributed by atoms with Gasteiger partial charge in [-0.25, -0.2) is 0 Å². The van der Waals surface area contributed by atoms with Crippen molar-refractivity contribution in [3.8, 4) is 11.5 Å². The van der Waals surface area contributed by atoms with Crippen molar-refractivity contribution in [2.45, 2.75) is 32.0 Å². The maximum Gasteiger partial charge on any atom is 0.161 e. The largest absolute Gasteiger partial charge is 0.493 e.